The molecule has 0 saturated heterocycles. The molecule has 2 nitrogen and oxygen atoms in total. The number of hydrogen-bond acceptors (Lipinski definition) is 3. The van der Waals surface area contributed by atoms with Gasteiger partial charge in [-0.2, -0.15) is 5.26 Å². The molecular formula is C12H16N2S. The second-order valence-corrected chi connectivity index (χ2v) is 5.01. The predicted molar refractivity (Wildman–Crippen MR) is 62.8 cm³/mol. The normalized spacial score (nSPS) is 15.9. The van der Waals surface area contributed by atoms with Gasteiger partial charge in [0.1, 0.15) is 0 Å². The molecule has 1 aromatic heterocycles. The number of hydrogen-bond donors (Lipinski definition) is 0. The van der Waals surface area contributed by atoms with Gasteiger partial charge in [-0.3, -0.25) is 4.90 Å². The van der Waals surface area contributed by atoms with Crippen LogP contribution in [0.1, 0.15) is 29.7 Å². The lowest BCUT2D eigenvalue weighted by atomic mass is 10.1. The van der Waals surface area contributed by atoms with Gasteiger partial charge >= 0.3 is 0 Å². The van der Waals surface area contributed by atoms with Crippen LogP contribution in [0.25, 0.3) is 0 Å². The van der Waals surface area contributed by atoms with Crippen molar-refractivity contribution in [1.82, 2.24) is 4.90 Å². The van der Waals surface area contributed by atoms with E-state index in [0.717, 1.165) is 25.9 Å². The highest BCUT2D eigenvalue weighted by atomic mass is 32.1. The van der Waals surface area contributed by atoms with Crippen molar-refractivity contribution in [2.45, 2.75) is 32.2 Å². The van der Waals surface area contributed by atoms with E-state index in [1.165, 1.54) is 18.5 Å². The molecule has 0 aromatic carbocycles. The van der Waals surface area contributed by atoms with Crippen LogP contribution in [-0.4, -0.2) is 18.0 Å². The molecule has 0 amide bonds. The zero-order valence-corrected chi connectivity index (χ0v) is 9.72. The van der Waals surface area contributed by atoms with Gasteiger partial charge in [0.2, 0.25) is 0 Å². The molecule has 0 atom stereocenters. The summed E-state index contributed by atoms with van der Waals surface area (Å²) in [6.07, 6.45) is 4.12. The number of nitrogens with zero attached hydrogens (tertiary/aromatic N) is 2. The van der Waals surface area contributed by atoms with Gasteiger partial charge in [-0.15, -0.1) is 11.3 Å². The predicted octanol–water partition coefficient (Wildman–Crippen LogP) is 2.80. The monoisotopic (exact) mass is 220 g/mol. The molecule has 3 heteroatoms. The number of fused-ring (bicyclic) bond motifs is 1. The Hall–Kier alpha value is -0.850. The average molecular weight is 220 g/mol. The maximum atomic E-state index is 8.44. The first-order valence-corrected chi connectivity index (χ1v) is 6.42. The standard InChI is InChI=1S/C12H16N2S/c13-6-2-1-3-7-14-8-4-12-11(10-14)5-9-15-12/h5,9H,1-4,7-8,10H2. The Morgan fingerprint density at radius 2 is 2.40 bits per heavy atom. The van der Waals surface area contributed by atoms with E-state index in [-0.39, 0.29) is 0 Å². The summed E-state index contributed by atoms with van der Waals surface area (Å²) in [6, 6.07) is 4.45. The number of unbranched alkanes of at least 4 members (excludes halogenated alkanes) is 2. The minimum Gasteiger partial charge on any atom is -0.299 e. The molecule has 1 aliphatic heterocycles. The summed E-state index contributed by atoms with van der Waals surface area (Å²) in [5.74, 6) is 0. The van der Waals surface area contributed by atoms with Crippen LogP contribution >= 0.6 is 11.3 Å². The van der Waals surface area contributed by atoms with Crippen LogP contribution in [0.5, 0.6) is 0 Å². The quantitative estimate of drug-likeness (QED) is 0.730. The Balaban J connectivity index is 1.76. The summed E-state index contributed by atoms with van der Waals surface area (Å²) in [5, 5.41) is 10.6. The third kappa shape index (κ3) is 2.80. The fraction of sp³-hybridized carbons (Fsp3) is 0.583. The van der Waals surface area contributed by atoms with Crippen LogP contribution in [0.2, 0.25) is 0 Å². The minimum absolute atomic E-state index is 0.706. The van der Waals surface area contributed by atoms with Gasteiger partial charge in [-0.1, -0.05) is 0 Å². The maximum absolute atomic E-state index is 8.44. The fourth-order valence-corrected chi connectivity index (χ4v) is 2.93. The maximum Gasteiger partial charge on any atom is 0.0621 e. The third-order valence-corrected chi connectivity index (χ3v) is 3.92. The summed E-state index contributed by atoms with van der Waals surface area (Å²) < 4.78 is 0. The number of thiophene rings is 1. The van der Waals surface area contributed by atoms with Gasteiger partial charge in [-0.25, -0.2) is 0 Å². The van der Waals surface area contributed by atoms with Crippen LogP contribution < -0.4 is 0 Å². The zero-order valence-electron chi connectivity index (χ0n) is 8.91. The fourth-order valence-electron chi connectivity index (χ4n) is 2.04. The molecule has 2 rings (SSSR count). The van der Waals surface area contributed by atoms with Crippen LogP contribution in [0.15, 0.2) is 11.4 Å². The van der Waals surface area contributed by atoms with Crippen molar-refractivity contribution >= 4 is 11.3 Å². The second-order valence-electron chi connectivity index (χ2n) is 4.01. The molecule has 0 bridgehead atoms. The van der Waals surface area contributed by atoms with Gasteiger partial charge in [-0.05, 0) is 42.8 Å². The van der Waals surface area contributed by atoms with Crippen LogP contribution in [-0.2, 0) is 13.0 Å². The van der Waals surface area contributed by atoms with E-state index < -0.39 is 0 Å². The highest BCUT2D eigenvalue weighted by Crippen LogP contribution is 2.23. The van der Waals surface area contributed by atoms with E-state index in [1.807, 2.05) is 11.3 Å². The average Bonchev–Trinajstić information content (AvgIpc) is 2.71. The molecule has 0 radical (unpaired) electrons. The van der Waals surface area contributed by atoms with Crippen molar-refractivity contribution < 1.29 is 0 Å². The first-order valence-electron chi connectivity index (χ1n) is 5.54. The van der Waals surface area contributed by atoms with Crippen LogP contribution in [0.3, 0.4) is 0 Å². The van der Waals surface area contributed by atoms with E-state index in [1.54, 1.807) is 4.88 Å². The summed E-state index contributed by atoms with van der Waals surface area (Å²) in [5.41, 5.74) is 1.52. The van der Waals surface area contributed by atoms with E-state index in [4.69, 9.17) is 5.26 Å². The molecule has 1 aromatic rings. The van der Waals surface area contributed by atoms with E-state index in [0.29, 0.717) is 6.42 Å². The molecule has 0 aliphatic carbocycles. The highest BCUT2D eigenvalue weighted by molar-refractivity contribution is 7.10. The largest absolute Gasteiger partial charge is 0.299 e. The number of rotatable bonds is 4. The SMILES string of the molecule is N#CCCCCN1CCc2sccc2C1. The lowest BCUT2D eigenvalue weighted by Gasteiger charge is -2.26. The Labute approximate surface area is 95.1 Å². The van der Waals surface area contributed by atoms with Crippen molar-refractivity contribution in [2.75, 3.05) is 13.1 Å². The molecule has 80 valence electrons. The second kappa shape index (κ2) is 5.29. The molecule has 2 heterocycles. The van der Waals surface area contributed by atoms with E-state index >= 15 is 0 Å². The molecule has 0 spiro atoms. The van der Waals surface area contributed by atoms with Gasteiger partial charge in [0, 0.05) is 24.4 Å². The highest BCUT2D eigenvalue weighted by Gasteiger charge is 2.15. The van der Waals surface area contributed by atoms with Gasteiger partial charge in [0.15, 0.2) is 0 Å². The van der Waals surface area contributed by atoms with E-state index in [2.05, 4.69) is 22.4 Å². The summed E-state index contributed by atoms with van der Waals surface area (Å²) in [6.45, 7) is 3.46. The van der Waals surface area contributed by atoms with Crippen LogP contribution in [0.4, 0.5) is 0 Å². The molecule has 1 aliphatic rings. The molecule has 0 saturated carbocycles. The van der Waals surface area contributed by atoms with Crippen molar-refractivity contribution in [3.05, 3.63) is 21.9 Å². The van der Waals surface area contributed by atoms with Crippen LogP contribution in [0, 0.1) is 11.3 Å². The summed E-state index contributed by atoms with van der Waals surface area (Å²) in [7, 11) is 0. The molecule has 0 N–H and O–H groups in total. The minimum atomic E-state index is 0.706. The third-order valence-electron chi connectivity index (χ3n) is 2.90. The Kier molecular flexibility index (Phi) is 3.76. The van der Waals surface area contributed by atoms with E-state index in [9.17, 15) is 0 Å². The Morgan fingerprint density at radius 1 is 1.47 bits per heavy atom. The smallest absolute Gasteiger partial charge is 0.0621 e. The Bertz CT molecular complexity index is 351. The summed E-state index contributed by atoms with van der Waals surface area (Å²) in [4.78, 5) is 4.08. The molecule has 0 fully saturated rings. The van der Waals surface area contributed by atoms with Gasteiger partial charge in [0.25, 0.3) is 0 Å². The van der Waals surface area contributed by atoms with Gasteiger partial charge in [0.05, 0.1) is 6.07 Å². The summed E-state index contributed by atoms with van der Waals surface area (Å²) >= 11 is 1.89. The zero-order chi connectivity index (χ0) is 10.5. The molecule has 15 heavy (non-hydrogen) atoms. The lowest BCUT2D eigenvalue weighted by Crippen LogP contribution is -2.30. The first-order chi connectivity index (χ1) is 7.40. The lowest BCUT2D eigenvalue weighted by molar-refractivity contribution is 0.251. The Morgan fingerprint density at radius 3 is 3.27 bits per heavy atom. The first kappa shape index (κ1) is 10.7. The van der Waals surface area contributed by atoms with Gasteiger partial charge < -0.3 is 0 Å². The molecular weight excluding hydrogens is 204 g/mol. The topological polar surface area (TPSA) is 27.0 Å². The molecule has 0 unspecified atom stereocenters. The van der Waals surface area contributed by atoms with Crippen molar-refractivity contribution in [2.24, 2.45) is 0 Å². The van der Waals surface area contributed by atoms with Crippen molar-refractivity contribution in [3.8, 4) is 6.07 Å². The van der Waals surface area contributed by atoms with Crippen molar-refractivity contribution in [1.29, 1.82) is 5.26 Å². The van der Waals surface area contributed by atoms with Crippen molar-refractivity contribution in [3.63, 3.8) is 0 Å². The number of nitriles is 1.